The van der Waals surface area contributed by atoms with E-state index in [2.05, 4.69) is 48.6 Å². The molecule has 0 aromatic heterocycles. The highest BCUT2D eigenvalue weighted by atomic mass is 16.6. The first kappa shape index (κ1) is 16.8. The number of hydrogen-bond acceptors (Lipinski definition) is 3. The first-order valence-electron chi connectivity index (χ1n) is 9.06. The molecule has 2 fully saturated rings. The Balaban J connectivity index is 1.45. The maximum Gasteiger partial charge on any atom is 0.309 e. The van der Waals surface area contributed by atoms with Crippen LogP contribution in [-0.4, -0.2) is 23.8 Å². The molecule has 0 aliphatic carbocycles. The van der Waals surface area contributed by atoms with E-state index in [0.29, 0.717) is 19.3 Å². The van der Waals surface area contributed by atoms with Crippen molar-refractivity contribution in [1.29, 1.82) is 0 Å². The summed E-state index contributed by atoms with van der Waals surface area (Å²) < 4.78 is 11.9. The molecule has 2 heterocycles. The van der Waals surface area contributed by atoms with Crippen molar-refractivity contribution in [3.63, 3.8) is 0 Å². The molecular weight excluding hydrogens is 324 g/mol. The number of carbonyl (C=O) groups excluding carboxylic acids is 1. The third-order valence-corrected chi connectivity index (χ3v) is 5.02. The van der Waals surface area contributed by atoms with Gasteiger partial charge in [-0.05, 0) is 11.1 Å². The Bertz CT molecular complexity index is 810. The van der Waals surface area contributed by atoms with E-state index in [1.165, 1.54) is 0 Å². The molecule has 2 aliphatic heterocycles. The number of esters is 1. The molecule has 3 heteroatoms. The van der Waals surface area contributed by atoms with Gasteiger partial charge in [-0.25, -0.2) is 0 Å². The second-order valence-electron chi connectivity index (χ2n) is 6.90. The van der Waals surface area contributed by atoms with Crippen LogP contribution in [-0.2, 0) is 14.3 Å². The van der Waals surface area contributed by atoms with Crippen LogP contribution in [0.3, 0.4) is 0 Å². The van der Waals surface area contributed by atoms with Crippen LogP contribution in [0, 0.1) is 0 Å². The number of fused-ring (bicyclic) bond motifs is 1. The molecule has 2 saturated heterocycles. The van der Waals surface area contributed by atoms with E-state index in [9.17, 15) is 4.79 Å². The summed E-state index contributed by atoms with van der Waals surface area (Å²) in [5.74, 6) is -0.159. The molecule has 0 unspecified atom stereocenters. The van der Waals surface area contributed by atoms with Crippen molar-refractivity contribution in [2.24, 2.45) is 0 Å². The van der Waals surface area contributed by atoms with Crippen LogP contribution in [0.2, 0.25) is 0 Å². The van der Waals surface area contributed by atoms with Crippen LogP contribution in [0.4, 0.5) is 0 Å². The Labute approximate surface area is 154 Å². The van der Waals surface area contributed by atoms with Gasteiger partial charge < -0.3 is 9.47 Å². The van der Waals surface area contributed by atoms with Gasteiger partial charge in [0.05, 0.1) is 12.5 Å². The number of ether oxygens (including phenoxy) is 2. The fourth-order valence-corrected chi connectivity index (χ4v) is 3.73. The smallest absolute Gasteiger partial charge is 0.309 e. The van der Waals surface area contributed by atoms with Gasteiger partial charge in [-0.3, -0.25) is 4.79 Å². The van der Waals surface area contributed by atoms with Crippen molar-refractivity contribution < 1.29 is 14.3 Å². The number of rotatable bonds is 5. The minimum atomic E-state index is -0.534. The van der Waals surface area contributed by atoms with Gasteiger partial charge in [-0.15, -0.1) is 0 Å². The van der Waals surface area contributed by atoms with Crippen LogP contribution in [0.25, 0.3) is 12.2 Å². The Morgan fingerprint density at radius 3 is 2.31 bits per heavy atom. The predicted molar refractivity (Wildman–Crippen MR) is 102 cm³/mol. The van der Waals surface area contributed by atoms with Crippen molar-refractivity contribution in [3.8, 4) is 0 Å². The van der Waals surface area contributed by atoms with Crippen LogP contribution < -0.4 is 0 Å². The molecule has 0 bridgehead atoms. The highest BCUT2D eigenvalue weighted by Crippen LogP contribution is 2.44. The van der Waals surface area contributed by atoms with Crippen LogP contribution in [0.5, 0.6) is 0 Å². The maximum absolute atomic E-state index is 11.8. The lowest BCUT2D eigenvalue weighted by Crippen LogP contribution is -2.34. The van der Waals surface area contributed by atoms with Crippen LogP contribution in [0.15, 0.2) is 72.8 Å². The topological polar surface area (TPSA) is 35.5 Å². The highest BCUT2D eigenvalue weighted by molar-refractivity contribution is 5.74. The predicted octanol–water partition coefficient (Wildman–Crippen LogP) is 4.65. The quantitative estimate of drug-likeness (QED) is 0.740. The van der Waals surface area contributed by atoms with E-state index in [4.69, 9.17) is 9.47 Å². The Hall–Kier alpha value is -2.65. The summed E-state index contributed by atoms with van der Waals surface area (Å²) in [4.78, 5) is 11.8. The molecule has 26 heavy (non-hydrogen) atoms. The summed E-state index contributed by atoms with van der Waals surface area (Å²) in [5, 5.41) is 0. The third kappa shape index (κ3) is 3.63. The Morgan fingerprint density at radius 2 is 1.62 bits per heavy atom. The molecule has 3 atom stereocenters. The molecule has 132 valence electrons. The van der Waals surface area contributed by atoms with Gasteiger partial charge >= 0.3 is 5.97 Å². The van der Waals surface area contributed by atoms with E-state index < -0.39 is 5.60 Å². The summed E-state index contributed by atoms with van der Waals surface area (Å²) in [6, 6.07) is 20.3. The van der Waals surface area contributed by atoms with Gasteiger partial charge in [0.25, 0.3) is 0 Å². The van der Waals surface area contributed by atoms with Gasteiger partial charge in [0.1, 0.15) is 11.7 Å². The molecule has 3 nitrogen and oxygen atoms in total. The lowest BCUT2D eigenvalue weighted by molar-refractivity contribution is -0.148. The largest absolute Gasteiger partial charge is 0.456 e. The van der Waals surface area contributed by atoms with Crippen LogP contribution >= 0.6 is 0 Å². The zero-order chi connectivity index (χ0) is 17.8. The third-order valence-electron chi connectivity index (χ3n) is 5.02. The van der Waals surface area contributed by atoms with Crippen molar-refractivity contribution in [1.82, 2.24) is 0 Å². The SMILES string of the molecule is O=C1C[C@@H]2O[C@@H](C=Cc3ccccc3)C[C@]2(CC=Cc2ccccc2)O1. The lowest BCUT2D eigenvalue weighted by atomic mass is 9.89. The number of carbonyl (C=O) groups is 1. The summed E-state index contributed by atoms with van der Waals surface area (Å²) in [6.07, 6.45) is 9.83. The number of benzene rings is 2. The highest BCUT2D eigenvalue weighted by Gasteiger charge is 2.55. The van der Waals surface area contributed by atoms with Crippen molar-refractivity contribution in [2.45, 2.75) is 37.1 Å². The molecule has 0 N–H and O–H groups in total. The van der Waals surface area contributed by atoms with E-state index in [0.717, 1.165) is 11.1 Å². The molecule has 0 amide bonds. The molecule has 2 aromatic rings. The van der Waals surface area contributed by atoms with Gasteiger partial charge in [0.15, 0.2) is 0 Å². The monoisotopic (exact) mass is 346 g/mol. The molecule has 0 spiro atoms. The molecule has 2 aromatic carbocycles. The Morgan fingerprint density at radius 1 is 0.962 bits per heavy atom. The van der Waals surface area contributed by atoms with Crippen molar-refractivity contribution >= 4 is 18.1 Å². The fraction of sp³-hybridized carbons (Fsp3) is 0.261. The van der Waals surface area contributed by atoms with Gasteiger partial charge in [-0.1, -0.05) is 85.0 Å². The van der Waals surface area contributed by atoms with Crippen LogP contribution in [0.1, 0.15) is 30.4 Å². The average molecular weight is 346 g/mol. The zero-order valence-corrected chi connectivity index (χ0v) is 14.6. The fourth-order valence-electron chi connectivity index (χ4n) is 3.73. The molecule has 2 aliphatic rings. The van der Waals surface area contributed by atoms with Crippen molar-refractivity contribution in [3.05, 3.63) is 83.9 Å². The number of hydrogen-bond donors (Lipinski definition) is 0. The first-order chi connectivity index (χ1) is 12.7. The van der Waals surface area contributed by atoms with E-state index >= 15 is 0 Å². The zero-order valence-electron chi connectivity index (χ0n) is 14.6. The summed E-state index contributed by atoms with van der Waals surface area (Å²) >= 11 is 0. The van der Waals surface area contributed by atoms with Gasteiger partial charge in [0, 0.05) is 12.8 Å². The molecule has 4 rings (SSSR count). The molecule has 0 saturated carbocycles. The maximum atomic E-state index is 11.8. The first-order valence-corrected chi connectivity index (χ1v) is 9.06. The lowest BCUT2D eigenvalue weighted by Gasteiger charge is -2.24. The molecule has 0 radical (unpaired) electrons. The van der Waals surface area contributed by atoms with E-state index in [-0.39, 0.29) is 18.2 Å². The minimum absolute atomic E-state index is 0.0292. The Kier molecular flexibility index (Phi) is 4.72. The average Bonchev–Trinajstić information content (AvgIpc) is 3.13. The molecular formula is C23H22O3. The van der Waals surface area contributed by atoms with Gasteiger partial charge in [0.2, 0.25) is 0 Å². The second kappa shape index (κ2) is 7.30. The van der Waals surface area contributed by atoms with E-state index in [1.807, 2.05) is 36.4 Å². The standard InChI is InChI=1S/C23H22O3/c24-22-16-21-23(26-22,15-7-12-18-8-3-1-4-9-18)17-20(25-21)14-13-19-10-5-2-6-11-19/h1-14,20-21H,15-17H2/t20-,21-,23-/m0/s1. The summed E-state index contributed by atoms with van der Waals surface area (Å²) in [6.45, 7) is 0. The summed E-state index contributed by atoms with van der Waals surface area (Å²) in [5.41, 5.74) is 1.75. The van der Waals surface area contributed by atoms with Gasteiger partial charge in [-0.2, -0.15) is 0 Å². The van der Waals surface area contributed by atoms with E-state index in [1.54, 1.807) is 0 Å². The summed E-state index contributed by atoms with van der Waals surface area (Å²) in [7, 11) is 0. The minimum Gasteiger partial charge on any atom is -0.456 e. The second-order valence-corrected chi connectivity index (χ2v) is 6.90. The van der Waals surface area contributed by atoms with Crippen molar-refractivity contribution in [2.75, 3.05) is 0 Å². The normalized spacial score (nSPS) is 27.9.